The van der Waals surface area contributed by atoms with Crippen molar-refractivity contribution in [3.63, 3.8) is 0 Å². The van der Waals surface area contributed by atoms with Gasteiger partial charge in [-0.05, 0) is 17.7 Å². The third-order valence-corrected chi connectivity index (χ3v) is 2.83. The van der Waals surface area contributed by atoms with Gasteiger partial charge in [0.25, 0.3) is 0 Å². The van der Waals surface area contributed by atoms with Crippen LogP contribution in [0.5, 0.6) is 11.5 Å². The molecule has 0 heterocycles. The smallest absolute Gasteiger partial charge is 0.238 e. The zero-order chi connectivity index (χ0) is 12.3. The van der Waals surface area contributed by atoms with Crippen LogP contribution in [0.4, 0.5) is 0 Å². The van der Waals surface area contributed by atoms with Gasteiger partial charge >= 0.3 is 0 Å². The number of halogens is 1. The van der Waals surface area contributed by atoms with E-state index in [2.05, 4.69) is 15.9 Å². The van der Waals surface area contributed by atoms with Gasteiger partial charge in [0.15, 0.2) is 11.5 Å². The zero-order valence-electron chi connectivity index (χ0n) is 8.99. The van der Waals surface area contributed by atoms with E-state index in [1.807, 2.05) is 0 Å². The summed E-state index contributed by atoms with van der Waals surface area (Å²) in [4.78, 5) is 11.0. The first-order valence-electron chi connectivity index (χ1n) is 4.47. The second-order valence-electron chi connectivity index (χ2n) is 3.11. The van der Waals surface area contributed by atoms with E-state index in [0.717, 1.165) is 0 Å². The average Bonchev–Trinajstić information content (AvgIpc) is 2.27. The maximum absolute atomic E-state index is 11.0. The number of hydrogen-bond acceptors (Lipinski definition) is 4. The largest absolute Gasteiger partial charge is 0.493 e. The molecule has 16 heavy (non-hydrogen) atoms. The zero-order valence-corrected chi connectivity index (χ0v) is 10.6. The minimum atomic E-state index is -0.880. The normalized spacial score (nSPS) is 12.0. The monoisotopic (exact) mass is 288 g/mol. The van der Waals surface area contributed by atoms with Crippen molar-refractivity contribution in [1.29, 1.82) is 0 Å². The lowest BCUT2D eigenvalue weighted by Crippen LogP contribution is -2.28. The second-order valence-corrected chi connectivity index (χ2v) is 3.96. The van der Waals surface area contributed by atoms with Gasteiger partial charge < -0.3 is 20.9 Å². The van der Waals surface area contributed by atoms with Crippen LogP contribution in [0.1, 0.15) is 11.6 Å². The van der Waals surface area contributed by atoms with Crippen molar-refractivity contribution in [1.82, 2.24) is 0 Å². The van der Waals surface area contributed by atoms with Gasteiger partial charge in [0, 0.05) is 4.47 Å². The van der Waals surface area contributed by atoms with E-state index >= 15 is 0 Å². The topological polar surface area (TPSA) is 87.6 Å². The van der Waals surface area contributed by atoms with Gasteiger partial charge in [-0.3, -0.25) is 4.79 Å². The summed E-state index contributed by atoms with van der Waals surface area (Å²) in [6.07, 6.45) is 0. The summed E-state index contributed by atoms with van der Waals surface area (Å²) in [5.74, 6) is 0.445. The van der Waals surface area contributed by atoms with Crippen molar-refractivity contribution in [3.8, 4) is 11.5 Å². The Balaban J connectivity index is 3.26. The fraction of sp³-hybridized carbons (Fsp3) is 0.300. The SMILES string of the molecule is COc1cc(Br)c(C(N)C(N)=O)cc1OC. The minimum Gasteiger partial charge on any atom is -0.493 e. The Morgan fingerprint density at radius 2 is 1.81 bits per heavy atom. The highest BCUT2D eigenvalue weighted by atomic mass is 79.9. The molecule has 0 bridgehead atoms. The number of benzene rings is 1. The van der Waals surface area contributed by atoms with Gasteiger partial charge in [0.1, 0.15) is 6.04 Å². The van der Waals surface area contributed by atoms with Gasteiger partial charge in [0.2, 0.25) is 5.91 Å². The van der Waals surface area contributed by atoms with Crippen LogP contribution >= 0.6 is 15.9 Å². The quantitative estimate of drug-likeness (QED) is 0.864. The minimum absolute atomic E-state index is 0.498. The Hall–Kier alpha value is -1.27. The Kier molecular flexibility index (Phi) is 4.14. The van der Waals surface area contributed by atoms with Crippen molar-refractivity contribution in [2.24, 2.45) is 11.5 Å². The van der Waals surface area contributed by atoms with E-state index in [1.54, 1.807) is 12.1 Å². The summed E-state index contributed by atoms with van der Waals surface area (Å²) < 4.78 is 10.9. The third kappa shape index (κ3) is 2.45. The van der Waals surface area contributed by atoms with Gasteiger partial charge in [-0.15, -0.1) is 0 Å². The van der Waals surface area contributed by atoms with E-state index < -0.39 is 11.9 Å². The van der Waals surface area contributed by atoms with Crippen LogP contribution in [0.2, 0.25) is 0 Å². The Morgan fingerprint density at radius 1 is 1.31 bits per heavy atom. The fourth-order valence-electron chi connectivity index (χ4n) is 1.26. The van der Waals surface area contributed by atoms with E-state index in [-0.39, 0.29) is 0 Å². The summed E-state index contributed by atoms with van der Waals surface area (Å²) >= 11 is 3.30. The van der Waals surface area contributed by atoms with Crippen LogP contribution in [0, 0.1) is 0 Å². The van der Waals surface area contributed by atoms with Crippen molar-refractivity contribution in [2.45, 2.75) is 6.04 Å². The number of nitrogens with two attached hydrogens (primary N) is 2. The molecule has 0 aliphatic carbocycles. The van der Waals surface area contributed by atoms with Crippen molar-refractivity contribution < 1.29 is 14.3 Å². The maximum Gasteiger partial charge on any atom is 0.238 e. The highest BCUT2D eigenvalue weighted by Crippen LogP contribution is 2.35. The molecule has 0 radical (unpaired) electrons. The van der Waals surface area contributed by atoms with Crippen LogP contribution in [-0.4, -0.2) is 20.1 Å². The van der Waals surface area contributed by atoms with Crippen LogP contribution in [-0.2, 0) is 4.79 Å². The molecule has 0 saturated carbocycles. The number of carbonyl (C=O) groups is 1. The van der Waals surface area contributed by atoms with Crippen LogP contribution in [0.15, 0.2) is 16.6 Å². The molecule has 5 nitrogen and oxygen atoms in total. The Bertz CT molecular complexity index is 409. The number of amides is 1. The van der Waals surface area contributed by atoms with E-state index in [4.69, 9.17) is 20.9 Å². The summed E-state index contributed by atoms with van der Waals surface area (Å²) in [7, 11) is 3.03. The highest BCUT2D eigenvalue weighted by Gasteiger charge is 2.18. The molecule has 4 N–H and O–H groups in total. The van der Waals surface area contributed by atoms with Gasteiger partial charge in [-0.25, -0.2) is 0 Å². The molecule has 88 valence electrons. The van der Waals surface area contributed by atoms with Gasteiger partial charge in [-0.1, -0.05) is 15.9 Å². The maximum atomic E-state index is 11.0. The molecular weight excluding hydrogens is 276 g/mol. The number of primary amides is 1. The number of ether oxygens (including phenoxy) is 2. The molecule has 1 unspecified atom stereocenters. The molecule has 0 aliphatic rings. The lowest BCUT2D eigenvalue weighted by atomic mass is 10.1. The summed E-state index contributed by atoms with van der Waals surface area (Å²) in [6.45, 7) is 0. The average molecular weight is 289 g/mol. The van der Waals surface area contributed by atoms with Crippen LogP contribution in [0.25, 0.3) is 0 Å². The van der Waals surface area contributed by atoms with Crippen LogP contribution in [0.3, 0.4) is 0 Å². The third-order valence-electron chi connectivity index (χ3n) is 2.14. The van der Waals surface area contributed by atoms with Gasteiger partial charge in [-0.2, -0.15) is 0 Å². The molecule has 1 atom stereocenters. The fourth-order valence-corrected chi connectivity index (χ4v) is 1.83. The first-order valence-corrected chi connectivity index (χ1v) is 5.26. The number of methoxy groups -OCH3 is 2. The molecule has 1 aromatic rings. The van der Waals surface area contributed by atoms with E-state index in [9.17, 15) is 4.79 Å². The predicted molar refractivity (Wildman–Crippen MR) is 63.4 cm³/mol. The van der Waals surface area contributed by atoms with Crippen molar-refractivity contribution >= 4 is 21.8 Å². The molecule has 1 amide bonds. The van der Waals surface area contributed by atoms with Crippen LogP contribution < -0.4 is 20.9 Å². The molecule has 1 aromatic carbocycles. The molecular formula is C10H13BrN2O3. The lowest BCUT2D eigenvalue weighted by molar-refractivity contribution is -0.119. The van der Waals surface area contributed by atoms with E-state index in [0.29, 0.717) is 21.5 Å². The molecule has 6 heteroatoms. The summed E-state index contributed by atoms with van der Waals surface area (Å²) in [6, 6.07) is 2.42. The predicted octanol–water partition coefficient (Wildman–Crippen LogP) is 0.951. The van der Waals surface area contributed by atoms with Crippen molar-refractivity contribution in [3.05, 3.63) is 22.2 Å². The first-order chi connectivity index (χ1) is 7.51. The number of rotatable bonds is 4. The number of hydrogen-bond donors (Lipinski definition) is 2. The molecule has 0 aliphatic heterocycles. The number of carbonyl (C=O) groups excluding carboxylic acids is 1. The Morgan fingerprint density at radius 3 is 2.25 bits per heavy atom. The van der Waals surface area contributed by atoms with E-state index in [1.165, 1.54) is 14.2 Å². The molecule has 0 saturated heterocycles. The first kappa shape index (κ1) is 12.8. The van der Waals surface area contributed by atoms with Crippen molar-refractivity contribution in [2.75, 3.05) is 14.2 Å². The molecule has 0 aromatic heterocycles. The van der Waals surface area contributed by atoms with Gasteiger partial charge in [0.05, 0.1) is 14.2 Å². The lowest BCUT2D eigenvalue weighted by Gasteiger charge is -2.14. The standard InChI is InChI=1S/C10H13BrN2O3/c1-15-7-3-5(9(12)10(13)14)6(11)4-8(7)16-2/h3-4,9H,12H2,1-2H3,(H2,13,14). The highest BCUT2D eigenvalue weighted by molar-refractivity contribution is 9.10. The summed E-state index contributed by atoms with van der Waals surface area (Å²) in [5.41, 5.74) is 11.4. The molecule has 0 fully saturated rings. The second kappa shape index (κ2) is 5.18. The Labute approximate surface area is 102 Å². The summed E-state index contributed by atoms with van der Waals surface area (Å²) in [5, 5.41) is 0. The molecule has 1 rings (SSSR count). The molecule has 0 spiro atoms.